The third kappa shape index (κ3) is 3.46. The minimum absolute atomic E-state index is 0.0718. The lowest BCUT2D eigenvalue weighted by atomic mass is 10.2. The Kier molecular flexibility index (Phi) is 3.61. The molecule has 1 N–H and O–H groups in total. The quantitative estimate of drug-likeness (QED) is 0.573. The molecule has 0 rings (SSSR count). The second-order valence-corrected chi connectivity index (χ2v) is 1.28. The number of aliphatic hydroxyl groups excluding tert-OH is 1. The highest BCUT2D eigenvalue weighted by atomic mass is 16.3. The Balaban J connectivity index is 3.00. The fourth-order valence-corrected chi connectivity index (χ4v) is 0.246. The highest BCUT2D eigenvalue weighted by molar-refractivity contribution is 5.78. The average molecular weight is 101 g/mol. The van der Waals surface area contributed by atoms with Crippen LogP contribution >= 0.6 is 0 Å². The van der Waals surface area contributed by atoms with Gasteiger partial charge in [-0.3, -0.25) is 4.79 Å². The maximum absolute atomic E-state index is 10.2. The van der Waals surface area contributed by atoms with Gasteiger partial charge in [0.2, 0.25) is 0 Å². The van der Waals surface area contributed by atoms with Crippen LogP contribution < -0.4 is 0 Å². The van der Waals surface area contributed by atoms with Crippen molar-refractivity contribution in [3.63, 3.8) is 0 Å². The van der Waals surface area contributed by atoms with Crippen LogP contribution in [0.15, 0.2) is 0 Å². The van der Waals surface area contributed by atoms with Gasteiger partial charge in [0.05, 0.1) is 6.61 Å². The number of carbonyl (C=O) groups excluding carboxylic acids is 1. The lowest BCUT2D eigenvalue weighted by Crippen LogP contribution is -1.93. The smallest absolute Gasteiger partial charge is 0.135 e. The van der Waals surface area contributed by atoms with E-state index >= 15 is 0 Å². The summed E-state index contributed by atoms with van der Waals surface area (Å²) in [5.74, 6) is 0.0718. The highest BCUT2D eigenvalue weighted by Crippen LogP contribution is 1.87. The van der Waals surface area contributed by atoms with Gasteiger partial charge >= 0.3 is 0 Å². The molecule has 0 aromatic heterocycles. The van der Waals surface area contributed by atoms with E-state index in [-0.39, 0.29) is 12.2 Å². The zero-order valence-electron chi connectivity index (χ0n) is 4.35. The molecule has 0 aromatic rings. The van der Waals surface area contributed by atoms with Crippen LogP contribution in [0.4, 0.5) is 0 Å². The first kappa shape index (κ1) is 6.63. The van der Waals surface area contributed by atoms with Crippen LogP contribution in [0, 0.1) is 6.61 Å². The molecule has 2 nitrogen and oxygen atoms in total. The first-order chi connectivity index (χ1) is 3.31. The molecule has 0 spiro atoms. The molecular formula is C5H9O2. The molecule has 41 valence electrons. The van der Waals surface area contributed by atoms with Gasteiger partial charge in [0, 0.05) is 12.8 Å². The molecule has 0 unspecified atom stereocenters. The van der Waals surface area contributed by atoms with Crippen molar-refractivity contribution in [3.05, 3.63) is 6.61 Å². The maximum atomic E-state index is 10.2. The van der Waals surface area contributed by atoms with E-state index in [0.717, 1.165) is 6.61 Å². The Hall–Kier alpha value is -0.370. The summed E-state index contributed by atoms with van der Waals surface area (Å²) in [4.78, 5) is 10.2. The van der Waals surface area contributed by atoms with Crippen LogP contribution in [0.3, 0.4) is 0 Å². The van der Waals surface area contributed by atoms with Crippen LogP contribution in [-0.4, -0.2) is 10.9 Å². The number of ketones is 1. The summed E-state index contributed by atoms with van der Waals surface area (Å²) in [6.07, 6.45) is 0.702. The van der Waals surface area contributed by atoms with Crippen molar-refractivity contribution >= 4 is 5.78 Å². The largest absolute Gasteiger partial charge is 0.390 e. The lowest BCUT2D eigenvalue weighted by molar-refractivity contribution is -0.118. The van der Waals surface area contributed by atoms with Crippen molar-refractivity contribution in [2.75, 3.05) is 0 Å². The van der Waals surface area contributed by atoms with Gasteiger partial charge in [0.25, 0.3) is 0 Å². The normalized spacial score (nSPS) is 8.86. The summed E-state index contributed by atoms with van der Waals surface area (Å²) in [6.45, 7) is 2.65. The number of aliphatic hydroxyl groups is 1. The van der Waals surface area contributed by atoms with Gasteiger partial charge in [-0.25, -0.2) is 0 Å². The summed E-state index contributed by atoms with van der Waals surface area (Å²) < 4.78 is 0. The van der Waals surface area contributed by atoms with E-state index < -0.39 is 0 Å². The number of rotatable bonds is 3. The first-order valence-corrected chi connectivity index (χ1v) is 2.28. The Morgan fingerprint density at radius 2 is 2.43 bits per heavy atom. The molecule has 0 atom stereocenters. The van der Waals surface area contributed by atoms with Gasteiger partial charge in [0.15, 0.2) is 0 Å². The summed E-state index contributed by atoms with van der Waals surface area (Å²) in [5, 5.41) is 8.02. The van der Waals surface area contributed by atoms with Crippen LogP contribution in [0.25, 0.3) is 0 Å². The third-order valence-corrected chi connectivity index (χ3v) is 0.713. The highest BCUT2D eigenvalue weighted by Gasteiger charge is 1.92. The van der Waals surface area contributed by atoms with Crippen molar-refractivity contribution in [3.8, 4) is 0 Å². The van der Waals surface area contributed by atoms with Gasteiger partial charge in [-0.2, -0.15) is 0 Å². The number of hydrogen-bond acceptors (Lipinski definition) is 2. The number of carbonyl (C=O) groups is 1. The summed E-state index contributed by atoms with van der Waals surface area (Å²) in [6, 6.07) is 0. The van der Waals surface area contributed by atoms with Gasteiger partial charge in [-0.05, 0) is 0 Å². The third-order valence-electron chi connectivity index (χ3n) is 0.713. The molecule has 0 aliphatic heterocycles. The van der Waals surface area contributed by atoms with Crippen LogP contribution in [-0.2, 0) is 4.79 Å². The van der Waals surface area contributed by atoms with E-state index in [2.05, 4.69) is 0 Å². The Morgan fingerprint density at radius 1 is 1.86 bits per heavy atom. The molecule has 0 aromatic carbocycles. The Labute approximate surface area is 43.2 Å². The second kappa shape index (κ2) is 3.81. The summed E-state index contributed by atoms with van der Waals surface area (Å²) in [5.41, 5.74) is 0. The predicted octanol–water partition coefficient (Wildman–Crippen LogP) is 0.890. The van der Waals surface area contributed by atoms with E-state index in [0.29, 0.717) is 6.42 Å². The van der Waals surface area contributed by atoms with E-state index in [1.165, 1.54) is 0 Å². The zero-order chi connectivity index (χ0) is 5.70. The summed E-state index contributed by atoms with van der Waals surface area (Å²) in [7, 11) is 0. The number of hydrogen-bond donors (Lipinski definition) is 1. The molecule has 1 radical (unpaired) electrons. The van der Waals surface area contributed by atoms with E-state index in [1.54, 1.807) is 6.92 Å². The second-order valence-electron chi connectivity index (χ2n) is 1.28. The lowest BCUT2D eigenvalue weighted by Gasteiger charge is -1.86. The van der Waals surface area contributed by atoms with Crippen LogP contribution in [0.1, 0.15) is 19.8 Å². The first-order valence-electron chi connectivity index (χ1n) is 2.28. The minimum atomic E-state index is 0.0718. The monoisotopic (exact) mass is 101 g/mol. The van der Waals surface area contributed by atoms with Crippen molar-refractivity contribution in [2.24, 2.45) is 0 Å². The molecule has 0 fully saturated rings. The minimum Gasteiger partial charge on any atom is -0.390 e. The van der Waals surface area contributed by atoms with E-state index in [1.807, 2.05) is 0 Å². The number of Topliss-reactive ketones (excluding diaryl/α,β-unsaturated/α-hetero) is 1. The molecule has 0 aliphatic rings. The Morgan fingerprint density at radius 3 is 2.57 bits per heavy atom. The van der Waals surface area contributed by atoms with Gasteiger partial charge in [0.1, 0.15) is 5.78 Å². The molecule has 0 saturated heterocycles. The molecule has 0 saturated carbocycles. The molecule has 0 bridgehead atoms. The zero-order valence-corrected chi connectivity index (χ0v) is 4.35. The van der Waals surface area contributed by atoms with Crippen molar-refractivity contribution in [1.82, 2.24) is 0 Å². The fraction of sp³-hybridized carbons (Fsp3) is 0.600. The summed E-state index contributed by atoms with van der Waals surface area (Å²) >= 11 is 0. The molecule has 7 heavy (non-hydrogen) atoms. The standard InChI is InChI=1S/C5H9O2/c1-2-5(7)3-4-6/h4,6H,2-3H2,1H3. The van der Waals surface area contributed by atoms with Crippen molar-refractivity contribution in [2.45, 2.75) is 19.8 Å². The van der Waals surface area contributed by atoms with Gasteiger partial charge < -0.3 is 5.11 Å². The molecule has 0 aliphatic carbocycles. The average Bonchev–Trinajstić information content (AvgIpc) is 1.68. The van der Waals surface area contributed by atoms with E-state index in [4.69, 9.17) is 5.11 Å². The van der Waals surface area contributed by atoms with Crippen molar-refractivity contribution in [1.29, 1.82) is 0 Å². The molecule has 2 heteroatoms. The van der Waals surface area contributed by atoms with Crippen LogP contribution in [0.5, 0.6) is 0 Å². The van der Waals surface area contributed by atoms with Gasteiger partial charge in [-0.15, -0.1) is 0 Å². The maximum Gasteiger partial charge on any atom is 0.135 e. The van der Waals surface area contributed by atoms with E-state index in [9.17, 15) is 4.79 Å². The molecule has 0 heterocycles. The SMILES string of the molecule is CCC(=O)C[CH]O. The Bertz CT molecular complexity index is 59.1. The topological polar surface area (TPSA) is 37.3 Å². The fourth-order valence-electron chi connectivity index (χ4n) is 0.246. The van der Waals surface area contributed by atoms with Crippen LogP contribution in [0.2, 0.25) is 0 Å². The molecule has 0 amide bonds. The predicted molar refractivity (Wildman–Crippen MR) is 26.2 cm³/mol. The van der Waals surface area contributed by atoms with Gasteiger partial charge in [-0.1, -0.05) is 6.92 Å². The molecular weight excluding hydrogens is 92.1 g/mol. The van der Waals surface area contributed by atoms with Crippen molar-refractivity contribution < 1.29 is 9.90 Å².